The Morgan fingerprint density at radius 2 is 1.92 bits per heavy atom. The Bertz CT molecular complexity index is 1260. The number of hydrogen-bond donors (Lipinski definition) is 2. The number of benzene rings is 1. The number of hydrogen-bond acceptors (Lipinski definition) is 5. The van der Waals surface area contributed by atoms with Gasteiger partial charge in [-0.1, -0.05) is 30.9 Å². The summed E-state index contributed by atoms with van der Waals surface area (Å²) in [6.07, 6.45) is 7.80. The van der Waals surface area contributed by atoms with Gasteiger partial charge in [-0.25, -0.2) is 0 Å². The van der Waals surface area contributed by atoms with Crippen LogP contribution in [-0.2, 0) is 6.42 Å². The molecule has 1 fully saturated rings. The van der Waals surface area contributed by atoms with Crippen LogP contribution in [0.15, 0.2) is 66.2 Å². The normalized spacial score (nSPS) is 15.5. The summed E-state index contributed by atoms with van der Waals surface area (Å²) in [5.74, 6) is 0. The summed E-state index contributed by atoms with van der Waals surface area (Å²) in [6.45, 7) is 13.9. The van der Waals surface area contributed by atoms with Crippen LogP contribution in [0.5, 0.6) is 0 Å². The minimum absolute atomic E-state index is 0.171. The van der Waals surface area contributed by atoms with Crippen molar-refractivity contribution in [3.63, 3.8) is 0 Å². The minimum Gasteiger partial charge on any atom is -0.355 e. The molecule has 1 saturated heterocycles. The number of nitrogens with one attached hydrogen (secondary N) is 2. The van der Waals surface area contributed by atoms with Crippen molar-refractivity contribution in [3.8, 4) is 0 Å². The summed E-state index contributed by atoms with van der Waals surface area (Å²) in [5.41, 5.74) is 7.00. The van der Waals surface area contributed by atoms with E-state index in [9.17, 15) is 4.79 Å². The van der Waals surface area contributed by atoms with Crippen LogP contribution in [0, 0.1) is 6.92 Å². The van der Waals surface area contributed by atoms with Gasteiger partial charge in [0.15, 0.2) is 0 Å². The monoisotopic (exact) mass is 483 g/mol. The molecule has 1 aromatic carbocycles. The standard InChI is InChI=1S/C30H37N5O/c1-22(27-9-6-23(2)32-21-27)20-26-12-14-31-30(36)29(26)24(3)33-28-10-7-25(8-11-28)13-17-35-16-5-15-34(4)18-19-35/h6-12,14,20-21,33H,3,5,13,15-19H2,1-2,4H3,(H,31,36)/b22-20+. The van der Waals surface area contributed by atoms with Gasteiger partial charge in [-0.3, -0.25) is 9.78 Å². The Morgan fingerprint density at radius 3 is 2.67 bits per heavy atom. The first-order valence-electron chi connectivity index (χ1n) is 12.7. The van der Waals surface area contributed by atoms with Crippen molar-refractivity contribution in [1.29, 1.82) is 0 Å². The predicted octanol–water partition coefficient (Wildman–Crippen LogP) is 4.90. The fourth-order valence-corrected chi connectivity index (χ4v) is 4.55. The second-order valence-corrected chi connectivity index (χ2v) is 9.70. The molecular formula is C30H37N5O. The van der Waals surface area contributed by atoms with E-state index in [0.717, 1.165) is 54.1 Å². The molecule has 2 aromatic heterocycles. The summed E-state index contributed by atoms with van der Waals surface area (Å²) in [6, 6.07) is 14.4. The zero-order valence-corrected chi connectivity index (χ0v) is 21.7. The zero-order chi connectivity index (χ0) is 25.5. The molecule has 36 heavy (non-hydrogen) atoms. The third-order valence-corrected chi connectivity index (χ3v) is 6.81. The van der Waals surface area contributed by atoms with Gasteiger partial charge in [0.05, 0.1) is 5.56 Å². The van der Waals surface area contributed by atoms with E-state index in [1.165, 1.54) is 25.1 Å². The number of pyridine rings is 2. The number of aromatic nitrogens is 2. The molecule has 0 aliphatic carbocycles. The van der Waals surface area contributed by atoms with Gasteiger partial charge in [0.2, 0.25) is 0 Å². The van der Waals surface area contributed by atoms with Gasteiger partial charge in [-0.2, -0.15) is 0 Å². The lowest BCUT2D eigenvalue weighted by molar-refractivity contribution is 0.279. The summed E-state index contributed by atoms with van der Waals surface area (Å²) in [4.78, 5) is 24.9. The van der Waals surface area contributed by atoms with Crippen LogP contribution >= 0.6 is 0 Å². The number of nitrogens with zero attached hydrogens (tertiary/aromatic N) is 3. The van der Waals surface area contributed by atoms with Crippen molar-refractivity contribution in [2.75, 3.05) is 45.1 Å². The minimum atomic E-state index is -0.171. The van der Waals surface area contributed by atoms with Crippen molar-refractivity contribution < 1.29 is 0 Å². The number of aryl methyl sites for hydroxylation is 1. The number of aromatic amines is 1. The van der Waals surface area contributed by atoms with Gasteiger partial charge in [0.1, 0.15) is 0 Å². The fraction of sp³-hybridized carbons (Fsp3) is 0.333. The highest BCUT2D eigenvalue weighted by atomic mass is 16.1. The van der Waals surface area contributed by atoms with Gasteiger partial charge in [-0.15, -0.1) is 0 Å². The molecule has 6 heteroatoms. The third-order valence-electron chi connectivity index (χ3n) is 6.81. The predicted molar refractivity (Wildman–Crippen MR) is 151 cm³/mol. The van der Waals surface area contributed by atoms with Crippen LogP contribution in [-0.4, -0.2) is 59.5 Å². The van der Waals surface area contributed by atoms with Crippen LogP contribution < -0.4 is 10.9 Å². The molecule has 0 bridgehead atoms. The highest BCUT2D eigenvalue weighted by Crippen LogP contribution is 2.23. The van der Waals surface area contributed by atoms with E-state index >= 15 is 0 Å². The molecule has 0 spiro atoms. The Morgan fingerprint density at radius 1 is 1.11 bits per heavy atom. The molecule has 0 unspecified atom stereocenters. The molecule has 4 rings (SSSR count). The largest absolute Gasteiger partial charge is 0.355 e. The smallest absolute Gasteiger partial charge is 0.257 e. The molecule has 6 nitrogen and oxygen atoms in total. The maximum Gasteiger partial charge on any atom is 0.257 e. The van der Waals surface area contributed by atoms with Crippen LogP contribution in [0.3, 0.4) is 0 Å². The fourth-order valence-electron chi connectivity index (χ4n) is 4.55. The second-order valence-electron chi connectivity index (χ2n) is 9.70. The molecule has 0 saturated carbocycles. The van der Waals surface area contributed by atoms with E-state index in [2.05, 4.69) is 63.0 Å². The maximum absolute atomic E-state index is 12.8. The van der Waals surface area contributed by atoms with Crippen molar-refractivity contribution in [2.24, 2.45) is 0 Å². The van der Waals surface area contributed by atoms with Crippen LogP contribution in [0.1, 0.15) is 41.3 Å². The molecule has 0 amide bonds. The molecule has 2 N–H and O–H groups in total. The lowest BCUT2D eigenvalue weighted by Crippen LogP contribution is -2.30. The molecule has 3 heterocycles. The van der Waals surface area contributed by atoms with E-state index in [1.807, 2.05) is 44.3 Å². The van der Waals surface area contributed by atoms with E-state index in [4.69, 9.17) is 0 Å². The Balaban J connectivity index is 1.43. The summed E-state index contributed by atoms with van der Waals surface area (Å²) in [5, 5.41) is 3.33. The molecule has 1 aliphatic rings. The van der Waals surface area contributed by atoms with E-state index < -0.39 is 0 Å². The van der Waals surface area contributed by atoms with Crippen LogP contribution in [0.2, 0.25) is 0 Å². The zero-order valence-electron chi connectivity index (χ0n) is 21.7. The third kappa shape index (κ3) is 6.80. The highest BCUT2D eigenvalue weighted by molar-refractivity contribution is 5.86. The van der Waals surface area contributed by atoms with E-state index in [1.54, 1.807) is 6.20 Å². The maximum atomic E-state index is 12.8. The lowest BCUT2D eigenvalue weighted by Gasteiger charge is -2.20. The molecule has 1 aliphatic heterocycles. The van der Waals surface area contributed by atoms with Crippen molar-refractivity contribution in [1.82, 2.24) is 19.8 Å². The van der Waals surface area contributed by atoms with Gasteiger partial charge in [0, 0.05) is 49.1 Å². The summed E-state index contributed by atoms with van der Waals surface area (Å²) < 4.78 is 0. The number of anilines is 1. The summed E-state index contributed by atoms with van der Waals surface area (Å²) >= 11 is 0. The average molecular weight is 484 g/mol. The number of allylic oxidation sites excluding steroid dienone is 1. The molecule has 0 atom stereocenters. The van der Waals surface area contributed by atoms with Crippen molar-refractivity contribution in [3.05, 3.63) is 99.7 Å². The molecule has 3 aromatic rings. The number of likely N-dealkylation sites (N-methyl/N-ethyl adjacent to an activating group) is 1. The SMILES string of the molecule is C=C(Nc1ccc(CCN2CCCN(C)CC2)cc1)c1c(/C=C(\C)c2ccc(C)nc2)cc[nH]c1=O. The van der Waals surface area contributed by atoms with Crippen molar-refractivity contribution >= 4 is 23.0 Å². The van der Waals surface area contributed by atoms with Crippen LogP contribution in [0.4, 0.5) is 5.69 Å². The van der Waals surface area contributed by atoms with E-state index in [-0.39, 0.29) is 5.56 Å². The van der Waals surface area contributed by atoms with Gasteiger partial charge >= 0.3 is 0 Å². The molecule has 188 valence electrons. The quantitative estimate of drug-likeness (QED) is 0.477. The lowest BCUT2D eigenvalue weighted by atomic mass is 10.0. The van der Waals surface area contributed by atoms with Gasteiger partial charge in [0.25, 0.3) is 5.56 Å². The van der Waals surface area contributed by atoms with Gasteiger partial charge in [-0.05, 0) is 93.4 Å². The first-order chi connectivity index (χ1) is 17.4. The van der Waals surface area contributed by atoms with Gasteiger partial charge < -0.3 is 20.1 Å². The highest BCUT2D eigenvalue weighted by Gasteiger charge is 2.13. The Hall–Kier alpha value is -3.48. The first kappa shape index (κ1) is 25.6. The topological polar surface area (TPSA) is 64.3 Å². The second kappa shape index (κ2) is 12.0. The van der Waals surface area contributed by atoms with E-state index in [0.29, 0.717) is 11.3 Å². The number of rotatable bonds is 8. The first-order valence-corrected chi connectivity index (χ1v) is 12.7. The van der Waals surface area contributed by atoms with Crippen LogP contribution in [0.25, 0.3) is 17.3 Å². The Kier molecular flexibility index (Phi) is 8.52. The summed E-state index contributed by atoms with van der Waals surface area (Å²) in [7, 11) is 2.20. The average Bonchev–Trinajstić information content (AvgIpc) is 3.08. The molecule has 0 radical (unpaired) electrons. The molecular weight excluding hydrogens is 446 g/mol. The number of H-pyrrole nitrogens is 1. The Labute approximate surface area is 214 Å². The van der Waals surface area contributed by atoms with Crippen molar-refractivity contribution in [2.45, 2.75) is 26.7 Å².